The smallest absolute Gasteiger partial charge is 0.345 e. The molecule has 2 nitrogen and oxygen atoms in total. The third-order valence-electron chi connectivity index (χ3n) is 0.224. The van der Waals surface area contributed by atoms with E-state index in [0.717, 1.165) is 0 Å². The van der Waals surface area contributed by atoms with Crippen molar-refractivity contribution in [1.82, 2.24) is 0 Å². The quantitative estimate of drug-likeness (QED) is 0.549. The number of alkyl halides is 2. The molecule has 0 aromatic carbocycles. The standard InChI is InChI=1S/C2HCl3O2/c3-1(4)2(6)7-5/h1H/i1D. The van der Waals surface area contributed by atoms with E-state index in [2.05, 4.69) is 16.2 Å². The highest BCUT2D eigenvalue weighted by Crippen LogP contribution is 2.03. The molecule has 5 heteroatoms. The van der Waals surface area contributed by atoms with E-state index in [4.69, 9.17) is 24.6 Å². The fourth-order valence-corrected chi connectivity index (χ4v) is 0.262. The van der Waals surface area contributed by atoms with E-state index >= 15 is 0 Å². The van der Waals surface area contributed by atoms with Gasteiger partial charge in [-0.3, -0.25) is 0 Å². The molecule has 0 unspecified atom stereocenters. The molecule has 0 fully saturated rings. The second-order valence-electron chi connectivity index (χ2n) is 0.625. The van der Waals surface area contributed by atoms with E-state index in [1.165, 1.54) is 0 Å². The minimum absolute atomic E-state index is 1.21. The Morgan fingerprint density at radius 3 is 2.29 bits per heavy atom. The van der Waals surface area contributed by atoms with E-state index in [0.29, 0.717) is 0 Å². The summed E-state index contributed by atoms with van der Waals surface area (Å²) in [7, 11) is 0. The molecule has 0 heterocycles. The Balaban J connectivity index is 3.82. The van der Waals surface area contributed by atoms with Crippen molar-refractivity contribution >= 4 is 41.0 Å². The molecule has 0 aromatic heterocycles. The Bertz CT molecular complexity index is 97.9. The van der Waals surface area contributed by atoms with E-state index in [-0.39, 0.29) is 0 Å². The number of hydrogen-bond donors (Lipinski definition) is 0. The van der Waals surface area contributed by atoms with Crippen molar-refractivity contribution < 1.29 is 10.5 Å². The van der Waals surface area contributed by atoms with Gasteiger partial charge >= 0.3 is 5.97 Å². The van der Waals surface area contributed by atoms with Gasteiger partial charge in [0.05, 0.1) is 1.37 Å². The molecule has 0 rings (SSSR count). The summed E-state index contributed by atoms with van der Waals surface area (Å²) in [5, 5.41) is 0. The van der Waals surface area contributed by atoms with Crippen LogP contribution in [0.1, 0.15) is 1.37 Å². The highest BCUT2D eigenvalue weighted by atomic mass is 35.5. The number of rotatable bonds is 1. The first-order valence-corrected chi connectivity index (χ1v) is 2.26. The molecule has 0 N–H and O–H groups in total. The average molecular weight is 164 g/mol. The number of carbonyl (C=O) groups is 1. The number of carbonyl (C=O) groups excluding carboxylic acids is 1. The lowest BCUT2D eigenvalue weighted by atomic mass is 10.8. The molecule has 0 atom stereocenters. The molecule has 0 spiro atoms. The first kappa shape index (κ1) is 5.48. The first-order chi connectivity index (χ1) is 3.48. The van der Waals surface area contributed by atoms with Gasteiger partial charge in [-0.2, -0.15) is 0 Å². The Kier molecular flexibility index (Phi) is 2.63. The molecule has 0 aliphatic carbocycles. The lowest BCUT2D eigenvalue weighted by molar-refractivity contribution is -0.131. The summed E-state index contributed by atoms with van der Waals surface area (Å²) in [5.41, 5.74) is 0. The van der Waals surface area contributed by atoms with Crippen molar-refractivity contribution in [1.29, 1.82) is 0 Å². The summed E-state index contributed by atoms with van der Waals surface area (Å²) in [5.74, 6) is -1.21. The molecule has 42 valence electrons. The molecule has 0 aromatic rings. The second kappa shape index (κ2) is 3.36. The second-order valence-corrected chi connectivity index (χ2v) is 1.73. The van der Waals surface area contributed by atoms with Gasteiger partial charge in [0.2, 0.25) is 4.81 Å². The average Bonchev–Trinajstić information content (AvgIpc) is 1.62. The number of hydrogen-bond acceptors (Lipinski definition) is 2. The van der Waals surface area contributed by atoms with Crippen LogP contribution in [0.2, 0.25) is 0 Å². The van der Waals surface area contributed by atoms with Gasteiger partial charge in [-0.05, 0) is 0 Å². The van der Waals surface area contributed by atoms with Crippen LogP contribution in [0.4, 0.5) is 0 Å². The molecule has 0 aliphatic rings. The molecule has 0 amide bonds. The largest absolute Gasteiger partial charge is 0.357 e. The zero-order valence-corrected chi connectivity index (χ0v) is 5.22. The van der Waals surface area contributed by atoms with Crippen LogP contribution in [0, 0.1) is 0 Å². The predicted octanol–water partition coefficient (Wildman–Crippen LogP) is 1.49. The van der Waals surface area contributed by atoms with E-state index in [9.17, 15) is 4.79 Å². The summed E-state index contributed by atoms with van der Waals surface area (Å²) in [4.78, 5) is 7.74. The van der Waals surface area contributed by atoms with Crippen LogP contribution in [0.3, 0.4) is 0 Å². The van der Waals surface area contributed by atoms with E-state index in [1.807, 2.05) is 0 Å². The van der Waals surface area contributed by atoms with Crippen LogP contribution in [-0.4, -0.2) is 10.8 Å². The van der Waals surface area contributed by atoms with Crippen molar-refractivity contribution in [2.24, 2.45) is 0 Å². The van der Waals surface area contributed by atoms with Crippen LogP contribution >= 0.6 is 35.1 Å². The normalized spacial score (nSPS) is 12.7. The van der Waals surface area contributed by atoms with Gasteiger partial charge in [0.1, 0.15) is 11.9 Å². The van der Waals surface area contributed by atoms with Gasteiger partial charge in [-0.1, -0.05) is 23.2 Å². The third-order valence-corrected chi connectivity index (χ3v) is 0.673. The summed E-state index contributed by atoms with van der Waals surface area (Å²) >= 11 is 14.2. The summed E-state index contributed by atoms with van der Waals surface area (Å²) in [6.07, 6.45) is 0. The monoisotopic (exact) mass is 163 g/mol. The van der Waals surface area contributed by atoms with Gasteiger partial charge in [-0.25, -0.2) is 4.79 Å². The maximum Gasteiger partial charge on any atom is 0.357 e. The molecular weight excluding hydrogens is 162 g/mol. The minimum atomic E-state index is -2.29. The van der Waals surface area contributed by atoms with Crippen molar-refractivity contribution in [3.63, 3.8) is 0 Å². The zero-order valence-electron chi connectivity index (χ0n) is 3.95. The molecule has 0 radical (unpaired) electrons. The molecule has 0 saturated heterocycles. The summed E-state index contributed by atoms with van der Waals surface area (Å²) in [6, 6.07) is 0. The van der Waals surface area contributed by atoms with E-state index in [1.54, 1.807) is 0 Å². The van der Waals surface area contributed by atoms with Crippen LogP contribution in [0.5, 0.6) is 0 Å². The van der Waals surface area contributed by atoms with Crippen molar-refractivity contribution in [2.45, 2.75) is 4.81 Å². The van der Waals surface area contributed by atoms with Crippen LogP contribution in [0.25, 0.3) is 0 Å². The predicted molar refractivity (Wildman–Crippen MR) is 27.4 cm³/mol. The first-order valence-electron chi connectivity index (χ1n) is 1.69. The van der Waals surface area contributed by atoms with Crippen LogP contribution in [-0.2, 0) is 9.08 Å². The fraction of sp³-hybridized carbons (Fsp3) is 0.500. The summed E-state index contributed by atoms with van der Waals surface area (Å²) < 4.78 is 10.0. The van der Waals surface area contributed by atoms with Gasteiger partial charge in [-0.15, -0.1) is 0 Å². The molecular formula is C2HCl3O2. The Labute approximate surface area is 56.9 Å². The third kappa shape index (κ3) is 2.97. The lowest BCUT2D eigenvalue weighted by Gasteiger charge is -1.90. The fourth-order valence-electron chi connectivity index (χ4n) is 0.0292. The minimum Gasteiger partial charge on any atom is -0.345 e. The van der Waals surface area contributed by atoms with Crippen LogP contribution in [0.15, 0.2) is 0 Å². The van der Waals surface area contributed by atoms with Crippen molar-refractivity contribution in [2.75, 3.05) is 0 Å². The Morgan fingerprint density at radius 1 is 1.86 bits per heavy atom. The Morgan fingerprint density at radius 2 is 2.29 bits per heavy atom. The highest BCUT2D eigenvalue weighted by Gasteiger charge is 2.10. The van der Waals surface area contributed by atoms with Crippen LogP contribution < -0.4 is 0 Å². The van der Waals surface area contributed by atoms with Gasteiger partial charge < -0.3 is 4.29 Å². The molecule has 7 heavy (non-hydrogen) atoms. The lowest BCUT2D eigenvalue weighted by Crippen LogP contribution is -2.05. The highest BCUT2D eigenvalue weighted by molar-refractivity contribution is 6.53. The number of halogens is 3. The SMILES string of the molecule is [2H]C(Cl)(Cl)C(=O)OCl. The maximum atomic E-state index is 10.0. The van der Waals surface area contributed by atoms with Crippen molar-refractivity contribution in [3.8, 4) is 0 Å². The zero-order chi connectivity index (χ0) is 6.78. The topological polar surface area (TPSA) is 26.3 Å². The molecule has 0 bridgehead atoms. The summed E-state index contributed by atoms with van der Waals surface area (Å²) in [6.45, 7) is 0. The maximum absolute atomic E-state index is 10.0. The van der Waals surface area contributed by atoms with Gasteiger partial charge in [0.15, 0.2) is 0 Å². The molecule has 0 aliphatic heterocycles. The molecule has 0 saturated carbocycles. The van der Waals surface area contributed by atoms with E-state index < -0.39 is 10.8 Å². The van der Waals surface area contributed by atoms with Gasteiger partial charge in [0, 0.05) is 0 Å². The van der Waals surface area contributed by atoms with Gasteiger partial charge in [0.25, 0.3) is 0 Å². The Hall–Kier alpha value is 0.340. The van der Waals surface area contributed by atoms with Crippen molar-refractivity contribution in [3.05, 3.63) is 0 Å².